The quantitative estimate of drug-likeness (QED) is 0.326. The van der Waals surface area contributed by atoms with E-state index >= 15 is 0 Å². The second-order valence-electron chi connectivity index (χ2n) is 12.3. The molecule has 12 nitrogen and oxygen atoms in total. The van der Waals surface area contributed by atoms with Crippen molar-refractivity contribution in [2.75, 3.05) is 20.2 Å². The largest absolute Gasteiger partial charge is 0.479 e. The van der Waals surface area contributed by atoms with Gasteiger partial charge in [-0.2, -0.15) is 0 Å². The number of thiophene rings is 1. The monoisotopic (exact) mass is 646 g/mol. The molecule has 5 heterocycles. The Hall–Kier alpha value is -3.32. The molecule has 0 radical (unpaired) electrons. The summed E-state index contributed by atoms with van der Waals surface area (Å²) in [4.78, 5) is 63.3. The fourth-order valence-electron chi connectivity index (χ4n) is 6.99. The molecular weight excluding hydrogens is 614 g/mol. The molecule has 3 aromatic rings. The zero-order valence-electron chi connectivity index (χ0n) is 23.8. The Bertz CT molecular complexity index is 1680. The maximum atomic E-state index is 14.3. The van der Waals surface area contributed by atoms with Crippen LogP contribution in [-0.4, -0.2) is 80.8 Å². The Morgan fingerprint density at radius 3 is 2.66 bits per heavy atom. The van der Waals surface area contributed by atoms with Gasteiger partial charge in [-0.1, -0.05) is 6.07 Å². The number of aromatic nitrogens is 1. The molecule has 15 heteroatoms. The first-order chi connectivity index (χ1) is 21.0. The summed E-state index contributed by atoms with van der Waals surface area (Å²) in [7, 11) is -3.47. The Morgan fingerprint density at radius 1 is 1.16 bits per heavy atom. The smallest absolute Gasteiger partial charge is 0.363 e. The van der Waals surface area contributed by atoms with E-state index < -0.39 is 31.5 Å². The average molecular weight is 647 g/mol. The van der Waals surface area contributed by atoms with Crippen molar-refractivity contribution in [3.63, 3.8) is 0 Å². The minimum atomic E-state index is -4.98. The van der Waals surface area contributed by atoms with Gasteiger partial charge in [0.05, 0.1) is 17.9 Å². The number of fused-ring (bicyclic) bond motifs is 3. The predicted molar refractivity (Wildman–Crippen MR) is 156 cm³/mol. The maximum Gasteiger partial charge on any atom is 0.363 e. The lowest BCUT2D eigenvalue weighted by molar-refractivity contribution is -0.150. The number of hydrogen-bond acceptors (Lipinski definition) is 8. The second-order valence-corrected chi connectivity index (χ2v) is 15.0. The molecule has 44 heavy (non-hydrogen) atoms. The number of nitrogens with zero attached hydrogens (tertiary/aromatic N) is 3. The fraction of sp³-hybridized carbons (Fsp3) is 0.517. The molecule has 3 N–H and O–H groups in total. The molecule has 6 atom stereocenters. The standard InChI is InChI=1S/C29H32FN4O8PS/c1-41-25-11-22(42-32-25)18-12-33(13-18)29(37)21-4-3-19-8-15-7-16(15)9-20(28(36)34(19)21)31-27(35)24-10-17-6-14(2-5-23(17)44-24)26(30)43(38,39)40/h2,5-6,10-11,15-16,18-21,26H,3-4,7-9,12-13H2,1H3,(H,31,35)(H2,38,39,40)/t15-,16+,19-,20+,21+,26?/m1/s1. The third kappa shape index (κ3) is 5.31. The van der Waals surface area contributed by atoms with E-state index in [1.54, 1.807) is 15.9 Å². The molecule has 3 aliphatic heterocycles. The van der Waals surface area contributed by atoms with Crippen molar-refractivity contribution >= 4 is 46.7 Å². The highest BCUT2D eigenvalue weighted by Crippen LogP contribution is 2.53. The zero-order chi connectivity index (χ0) is 30.9. The van der Waals surface area contributed by atoms with Crippen molar-refractivity contribution in [1.29, 1.82) is 0 Å². The van der Waals surface area contributed by atoms with Crippen LogP contribution in [-0.2, 0) is 14.2 Å². The van der Waals surface area contributed by atoms with Crippen LogP contribution >= 0.6 is 18.9 Å². The summed E-state index contributed by atoms with van der Waals surface area (Å²) in [6.45, 7) is 0.937. The third-order valence-electron chi connectivity index (χ3n) is 9.47. The minimum Gasteiger partial charge on any atom is -0.479 e. The molecule has 2 aromatic heterocycles. The number of methoxy groups -OCH3 is 1. The molecular formula is C29H32FN4O8PS. The van der Waals surface area contributed by atoms with Gasteiger partial charge in [0.1, 0.15) is 17.8 Å². The topological polar surface area (TPSA) is 163 Å². The van der Waals surface area contributed by atoms with Crippen LogP contribution in [0.4, 0.5) is 4.39 Å². The molecule has 234 valence electrons. The van der Waals surface area contributed by atoms with Crippen LogP contribution in [0.25, 0.3) is 10.1 Å². The fourth-order valence-corrected chi connectivity index (χ4v) is 8.48. The van der Waals surface area contributed by atoms with Gasteiger partial charge in [0, 0.05) is 29.9 Å². The Labute approximate surface area is 255 Å². The van der Waals surface area contributed by atoms with E-state index in [-0.39, 0.29) is 29.3 Å². The lowest BCUT2D eigenvalue weighted by Crippen LogP contribution is -2.59. The van der Waals surface area contributed by atoms with Crippen LogP contribution in [0.3, 0.4) is 0 Å². The van der Waals surface area contributed by atoms with Gasteiger partial charge in [-0.3, -0.25) is 18.9 Å². The number of nitrogens with one attached hydrogen (secondary N) is 1. The summed E-state index contributed by atoms with van der Waals surface area (Å²) in [6.07, 6.45) is 3.68. The first kappa shape index (κ1) is 29.4. The van der Waals surface area contributed by atoms with Crippen LogP contribution in [0.1, 0.15) is 64.9 Å². The van der Waals surface area contributed by atoms with Gasteiger partial charge in [0.2, 0.25) is 17.7 Å². The number of carbonyl (C=O) groups is 3. The van der Waals surface area contributed by atoms with Crippen LogP contribution in [0.15, 0.2) is 34.9 Å². The SMILES string of the molecule is COc1cc(C2CN(C(=O)[C@@H]3CC[C@@H]4C[C@H]5C[C@H]5C[C@H](NC(=O)c5cc6cc(C(F)P(=O)(O)O)ccc6s5)C(=O)N43)C2)on1. The molecule has 3 saturated heterocycles. The zero-order valence-corrected chi connectivity index (χ0v) is 25.5. The van der Waals surface area contributed by atoms with Crippen molar-refractivity contribution in [3.8, 4) is 5.88 Å². The molecule has 4 aliphatic rings. The first-order valence-corrected chi connectivity index (χ1v) is 17.1. The average Bonchev–Trinajstić information content (AvgIpc) is 3.34. The van der Waals surface area contributed by atoms with Gasteiger partial charge in [-0.25, -0.2) is 4.39 Å². The highest BCUT2D eigenvalue weighted by molar-refractivity contribution is 7.51. The van der Waals surface area contributed by atoms with Crippen molar-refractivity contribution < 1.29 is 42.4 Å². The van der Waals surface area contributed by atoms with Crippen LogP contribution in [0, 0.1) is 11.8 Å². The number of ether oxygens (including phenoxy) is 1. The molecule has 0 bridgehead atoms. The third-order valence-corrected chi connectivity index (χ3v) is 11.5. The van der Waals surface area contributed by atoms with Crippen molar-refractivity contribution in [3.05, 3.63) is 46.5 Å². The number of likely N-dealkylation sites (tertiary alicyclic amines) is 1. The van der Waals surface area contributed by atoms with Gasteiger partial charge < -0.3 is 34.2 Å². The summed E-state index contributed by atoms with van der Waals surface area (Å²) in [5, 5.41) is 7.23. The Kier molecular flexibility index (Phi) is 7.31. The molecule has 1 aromatic carbocycles. The van der Waals surface area contributed by atoms with E-state index in [2.05, 4.69) is 10.5 Å². The predicted octanol–water partition coefficient (Wildman–Crippen LogP) is 3.56. The number of alkyl halides is 1. The Balaban J connectivity index is 1.06. The van der Waals surface area contributed by atoms with E-state index in [0.29, 0.717) is 64.4 Å². The van der Waals surface area contributed by atoms with Gasteiger partial charge >= 0.3 is 7.60 Å². The first-order valence-electron chi connectivity index (χ1n) is 14.7. The van der Waals surface area contributed by atoms with Gasteiger partial charge in [-0.15, -0.1) is 11.3 Å². The highest BCUT2D eigenvalue weighted by Gasteiger charge is 2.52. The molecule has 1 unspecified atom stereocenters. The van der Waals surface area contributed by atoms with Crippen LogP contribution in [0.5, 0.6) is 5.88 Å². The number of rotatable bonds is 7. The number of benzene rings is 1. The van der Waals surface area contributed by atoms with E-state index in [1.165, 1.54) is 31.4 Å². The number of carbonyl (C=O) groups excluding carboxylic acids is 3. The van der Waals surface area contributed by atoms with Crippen LogP contribution in [0.2, 0.25) is 0 Å². The van der Waals surface area contributed by atoms with Gasteiger partial charge in [-0.05, 0) is 78.2 Å². The van der Waals surface area contributed by atoms with Crippen LogP contribution < -0.4 is 10.1 Å². The summed E-state index contributed by atoms with van der Waals surface area (Å²) in [5.41, 5.74) is -0.171. The van der Waals surface area contributed by atoms with Gasteiger partial charge in [0.25, 0.3) is 11.8 Å². The number of hydrogen-bond donors (Lipinski definition) is 3. The van der Waals surface area contributed by atoms with E-state index in [0.717, 1.165) is 30.6 Å². The summed E-state index contributed by atoms with van der Waals surface area (Å²) < 4.78 is 36.7. The maximum absolute atomic E-state index is 14.3. The molecule has 0 spiro atoms. The van der Waals surface area contributed by atoms with E-state index in [4.69, 9.17) is 9.26 Å². The van der Waals surface area contributed by atoms with Crippen molar-refractivity contribution in [1.82, 2.24) is 20.3 Å². The molecule has 1 saturated carbocycles. The molecule has 1 aliphatic carbocycles. The lowest BCUT2D eigenvalue weighted by atomic mass is 9.95. The number of halogens is 1. The second kappa shape index (κ2) is 10.9. The summed E-state index contributed by atoms with van der Waals surface area (Å²) in [5.74, 6) is -1.39. The number of amides is 3. The molecule has 3 amide bonds. The normalized spacial score (nSPS) is 27.6. The van der Waals surface area contributed by atoms with Crippen molar-refractivity contribution in [2.24, 2.45) is 11.8 Å². The highest BCUT2D eigenvalue weighted by atomic mass is 32.1. The Morgan fingerprint density at radius 2 is 1.93 bits per heavy atom. The molecule has 7 rings (SSSR count). The van der Waals surface area contributed by atoms with Crippen molar-refractivity contribution in [2.45, 2.75) is 62.1 Å². The minimum absolute atomic E-state index is 0.0137. The van der Waals surface area contributed by atoms with E-state index in [1.807, 2.05) is 0 Å². The molecule has 4 fully saturated rings. The summed E-state index contributed by atoms with van der Waals surface area (Å²) >= 11 is 1.15. The van der Waals surface area contributed by atoms with Gasteiger partial charge in [0.15, 0.2) is 0 Å². The lowest BCUT2D eigenvalue weighted by Gasteiger charge is -2.42. The summed E-state index contributed by atoms with van der Waals surface area (Å²) in [6, 6.07) is 5.97. The van der Waals surface area contributed by atoms with E-state index in [9.17, 15) is 33.1 Å².